The summed E-state index contributed by atoms with van der Waals surface area (Å²) in [5.41, 5.74) is 0.386. The molecule has 1 aliphatic rings. The second-order valence-electron chi connectivity index (χ2n) is 6.05. The molecule has 2 nitrogen and oxygen atoms in total. The lowest BCUT2D eigenvalue weighted by Gasteiger charge is -2.37. The Balaban J connectivity index is 1.97. The average molecular weight is 346 g/mol. The van der Waals surface area contributed by atoms with Gasteiger partial charge in [0.1, 0.15) is 0 Å². The van der Waals surface area contributed by atoms with Crippen molar-refractivity contribution in [3.05, 3.63) is 20.8 Å². The van der Waals surface area contributed by atoms with Gasteiger partial charge in [-0.3, -0.25) is 0 Å². The van der Waals surface area contributed by atoms with Gasteiger partial charge in [0.25, 0.3) is 0 Å². The van der Waals surface area contributed by atoms with Crippen LogP contribution < -0.4 is 5.32 Å². The molecule has 0 aromatic carbocycles. The van der Waals surface area contributed by atoms with Crippen molar-refractivity contribution in [3.8, 4) is 0 Å². The molecule has 0 atom stereocenters. The van der Waals surface area contributed by atoms with Crippen LogP contribution in [0.25, 0.3) is 0 Å². The van der Waals surface area contributed by atoms with E-state index >= 15 is 0 Å². The Kier molecular flexibility index (Phi) is 5.87. The van der Waals surface area contributed by atoms with Crippen LogP contribution in [0.5, 0.6) is 0 Å². The molecule has 1 saturated heterocycles. The summed E-state index contributed by atoms with van der Waals surface area (Å²) in [7, 11) is 0. The summed E-state index contributed by atoms with van der Waals surface area (Å²) in [5.74, 6) is 0.716. The SMILES string of the molecule is CC(C)CNCC1(Cc2cc(Br)cs2)CCOCC1. The molecule has 0 radical (unpaired) electrons. The molecule has 1 N–H and O–H groups in total. The number of rotatable bonds is 6. The molecule has 0 unspecified atom stereocenters. The summed E-state index contributed by atoms with van der Waals surface area (Å²) in [6.07, 6.45) is 3.53. The van der Waals surface area contributed by atoms with Crippen molar-refractivity contribution >= 4 is 27.3 Å². The van der Waals surface area contributed by atoms with Gasteiger partial charge in [0.05, 0.1) is 0 Å². The van der Waals surface area contributed by atoms with Crippen LogP contribution in [0.15, 0.2) is 15.9 Å². The molecule has 0 bridgehead atoms. The molecule has 1 aliphatic heterocycles. The normalized spacial score (nSPS) is 18.9. The van der Waals surface area contributed by atoms with Gasteiger partial charge in [-0.05, 0) is 59.1 Å². The minimum Gasteiger partial charge on any atom is -0.381 e. The lowest BCUT2D eigenvalue weighted by Crippen LogP contribution is -2.41. The smallest absolute Gasteiger partial charge is 0.0471 e. The zero-order chi connectivity index (χ0) is 13.7. The standard InChI is InChI=1S/C15H24BrNOS/c1-12(2)9-17-11-15(3-5-18-6-4-15)8-14-7-13(16)10-19-14/h7,10,12,17H,3-6,8-9,11H2,1-2H3. The summed E-state index contributed by atoms with van der Waals surface area (Å²) < 4.78 is 6.77. The van der Waals surface area contributed by atoms with Gasteiger partial charge in [-0.15, -0.1) is 11.3 Å². The van der Waals surface area contributed by atoms with E-state index < -0.39 is 0 Å². The maximum Gasteiger partial charge on any atom is 0.0471 e. The predicted octanol–water partition coefficient (Wildman–Crippen LogP) is 4.10. The second kappa shape index (κ2) is 7.21. The molecule has 19 heavy (non-hydrogen) atoms. The molecule has 0 saturated carbocycles. The highest BCUT2D eigenvalue weighted by atomic mass is 79.9. The van der Waals surface area contributed by atoms with Crippen molar-refractivity contribution in [2.75, 3.05) is 26.3 Å². The Hall–Kier alpha value is 0.1000. The van der Waals surface area contributed by atoms with Gasteiger partial charge in [-0.1, -0.05) is 13.8 Å². The van der Waals surface area contributed by atoms with Crippen LogP contribution in [0.3, 0.4) is 0 Å². The summed E-state index contributed by atoms with van der Waals surface area (Å²) in [6, 6.07) is 2.27. The van der Waals surface area contributed by atoms with Gasteiger partial charge in [0.15, 0.2) is 0 Å². The first-order valence-corrected chi connectivity index (χ1v) is 8.78. The van der Waals surface area contributed by atoms with Crippen molar-refractivity contribution in [3.63, 3.8) is 0 Å². The summed E-state index contributed by atoms with van der Waals surface area (Å²) in [5, 5.41) is 5.84. The molecule has 1 fully saturated rings. The van der Waals surface area contributed by atoms with Crippen LogP contribution in [0.2, 0.25) is 0 Å². The Bertz CT molecular complexity index is 385. The quantitative estimate of drug-likeness (QED) is 0.838. The molecule has 1 aromatic rings. The third-order valence-electron chi connectivity index (χ3n) is 3.78. The van der Waals surface area contributed by atoms with E-state index in [9.17, 15) is 0 Å². The topological polar surface area (TPSA) is 21.3 Å². The first-order chi connectivity index (χ1) is 9.10. The maximum absolute atomic E-state index is 5.56. The molecule has 0 aliphatic carbocycles. The van der Waals surface area contributed by atoms with Crippen molar-refractivity contribution < 1.29 is 4.74 Å². The molecular weight excluding hydrogens is 322 g/mol. The van der Waals surface area contributed by atoms with E-state index in [2.05, 4.69) is 46.5 Å². The largest absolute Gasteiger partial charge is 0.381 e. The molecule has 2 rings (SSSR count). The fraction of sp³-hybridized carbons (Fsp3) is 0.733. The van der Waals surface area contributed by atoms with Crippen LogP contribution >= 0.6 is 27.3 Å². The number of nitrogens with one attached hydrogen (secondary N) is 1. The summed E-state index contributed by atoms with van der Waals surface area (Å²) >= 11 is 5.42. The summed E-state index contributed by atoms with van der Waals surface area (Å²) in [6.45, 7) is 8.58. The molecular formula is C15H24BrNOS. The number of ether oxygens (including phenoxy) is 1. The average Bonchev–Trinajstić information content (AvgIpc) is 2.75. The molecule has 0 amide bonds. The number of hydrogen-bond acceptors (Lipinski definition) is 3. The van der Waals surface area contributed by atoms with Gasteiger partial charge in [0.2, 0.25) is 0 Å². The molecule has 1 aromatic heterocycles. The van der Waals surface area contributed by atoms with Crippen LogP contribution in [0.4, 0.5) is 0 Å². The fourth-order valence-corrected chi connectivity index (χ4v) is 4.29. The van der Waals surface area contributed by atoms with Crippen molar-refractivity contribution in [1.29, 1.82) is 0 Å². The van der Waals surface area contributed by atoms with Gasteiger partial charge in [0, 0.05) is 34.5 Å². The minimum absolute atomic E-state index is 0.386. The fourth-order valence-electron chi connectivity index (χ4n) is 2.66. The van der Waals surface area contributed by atoms with Crippen molar-refractivity contribution in [2.45, 2.75) is 33.1 Å². The van der Waals surface area contributed by atoms with Gasteiger partial charge < -0.3 is 10.1 Å². The summed E-state index contributed by atoms with van der Waals surface area (Å²) in [4.78, 5) is 1.49. The number of thiophene rings is 1. The Morgan fingerprint density at radius 3 is 2.74 bits per heavy atom. The highest BCUT2D eigenvalue weighted by Gasteiger charge is 2.32. The number of hydrogen-bond donors (Lipinski definition) is 1. The molecule has 0 spiro atoms. The van der Waals surface area contributed by atoms with E-state index in [4.69, 9.17) is 4.74 Å². The lowest BCUT2D eigenvalue weighted by molar-refractivity contribution is 0.0151. The molecule has 2 heterocycles. The van der Waals surface area contributed by atoms with Crippen LogP contribution in [0.1, 0.15) is 31.6 Å². The van der Waals surface area contributed by atoms with Crippen molar-refractivity contribution in [2.24, 2.45) is 11.3 Å². The zero-order valence-corrected chi connectivity index (χ0v) is 14.3. The predicted molar refractivity (Wildman–Crippen MR) is 85.9 cm³/mol. The molecule has 108 valence electrons. The van der Waals surface area contributed by atoms with Crippen LogP contribution in [-0.2, 0) is 11.2 Å². The highest BCUT2D eigenvalue weighted by Crippen LogP contribution is 2.36. The van der Waals surface area contributed by atoms with Crippen LogP contribution in [-0.4, -0.2) is 26.3 Å². The van der Waals surface area contributed by atoms with Crippen molar-refractivity contribution in [1.82, 2.24) is 5.32 Å². The lowest BCUT2D eigenvalue weighted by atomic mass is 9.76. The van der Waals surface area contributed by atoms with Gasteiger partial charge >= 0.3 is 0 Å². The maximum atomic E-state index is 5.56. The van der Waals surface area contributed by atoms with Gasteiger partial charge in [-0.25, -0.2) is 0 Å². The number of halogens is 1. The zero-order valence-electron chi connectivity index (χ0n) is 11.9. The van der Waals surface area contributed by atoms with E-state index in [1.807, 2.05) is 11.3 Å². The Morgan fingerprint density at radius 2 is 2.16 bits per heavy atom. The Labute approximate surface area is 129 Å². The van der Waals surface area contributed by atoms with E-state index in [-0.39, 0.29) is 0 Å². The first kappa shape index (κ1) is 15.5. The van der Waals surface area contributed by atoms with E-state index in [0.29, 0.717) is 11.3 Å². The van der Waals surface area contributed by atoms with E-state index in [0.717, 1.165) is 26.3 Å². The highest BCUT2D eigenvalue weighted by molar-refractivity contribution is 9.10. The van der Waals surface area contributed by atoms with Gasteiger partial charge in [-0.2, -0.15) is 0 Å². The minimum atomic E-state index is 0.386. The first-order valence-electron chi connectivity index (χ1n) is 7.11. The third-order valence-corrected chi connectivity index (χ3v) is 5.47. The molecule has 4 heteroatoms. The monoisotopic (exact) mass is 345 g/mol. The Morgan fingerprint density at radius 1 is 1.42 bits per heavy atom. The third kappa shape index (κ3) is 4.85. The second-order valence-corrected chi connectivity index (χ2v) is 7.96. The van der Waals surface area contributed by atoms with Crippen LogP contribution in [0, 0.1) is 11.3 Å². The van der Waals surface area contributed by atoms with E-state index in [1.165, 1.54) is 28.6 Å². The van der Waals surface area contributed by atoms with E-state index in [1.54, 1.807) is 0 Å².